The molecule has 0 radical (unpaired) electrons. The van der Waals surface area contributed by atoms with Crippen molar-refractivity contribution in [3.8, 4) is 0 Å². The van der Waals surface area contributed by atoms with E-state index in [1.54, 1.807) is 0 Å². The quantitative estimate of drug-likeness (QED) is 0.482. The number of ether oxygens (including phenoxy) is 1. The van der Waals surface area contributed by atoms with E-state index in [9.17, 15) is 9.59 Å². The summed E-state index contributed by atoms with van der Waals surface area (Å²) in [5.41, 5.74) is 2.36. The second kappa shape index (κ2) is 9.72. The van der Waals surface area contributed by atoms with Crippen LogP contribution in [0.2, 0.25) is 0 Å². The fraction of sp³-hybridized carbons (Fsp3) is 0.579. The van der Waals surface area contributed by atoms with Gasteiger partial charge in [0.15, 0.2) is 6.61 Å². The molecule has 1 fully saturated rings. The Balaban J connectivity index is 1.67. The summed E-state index contributed by atoms with van der Waals surface area (Å²) in [7, 11) is 0. The number of hydrogen-bond acceptors (Lipinski definition) is 4. The number of rotatable bonds is 6. The number of esters is 1. The first-order chi connectivity index (χ1) is 11.5. The molecule has 1 amide bonds. The second-order valence-corrected chi connectivity index (χ2v) is 7.49. The largest absolute Gasteiger partial charge is 0.455 e. The predicted molar refractivity (Wildman–Crippen MR) is 97.2 cm³/mol. The van der Waals surface area contributed by atoms with Crippen LogP contribution in [-0.2, 0) is 14.3 Å². The highest BCUT2D eigenvalue weighted by molar-refractivity contribution is 8.00. The van der Waals surface area contributed by atoms with Gasteiger partial charge in [-0.3, -0.25) is 9.59 Å². The fourth-order valence-corrected chi connectivity index (χ4v) is 3.79. The van der Waals surface area contributed by atoms with Crippen LogP contribution >= 0.6 is 11.8 Å². The van der Waals surface area contributed by atoms with E-state index in [-0.39, 0.29) is 30.3 Å². The Bertz CT molecular complexity index is 566. The molecule has 0 spiro atoms. The van der Waals surface area contributed by atoms with Crippen molar-refractivity contribution in [2.24, 2.45) is 0 Å². The van der Waals surface area contributed by atoms with E-state index in [4.69, 9.17) is 4.74 Å². The molecule has 1 aliphatic carbocycles. The lowest BCUT2D eigenvalue weighted by atomic mass is 10.1. The fourth-order valence-electron chi connectivity index (χ4n) is 2.98. The van der Waals surface area contributed by atoms with Gasteiger partial charge in [0, 0.05) is 10.9 Å². The molecule has 0 saturated heterocycles. The molecule has 0 bridgehead atoms. The molecule has 1 N–H and O–H groups in total. The molecular formula is C19H27NO3S. The molecule has 0 atom stereocenters. The van der Waals surface area contributed by atoms with Crippen LogP contribution in [0, 0.1) is 13.8 Å². The van der Waals surface area contributed by atoms with Crippen molar-refractivity contribution < 1.29 is 14.3 Å². The molecule has 2 rings (SSSR count). The van der Waals surface area contributed by atoms with Crippen molar-refractivity contribution >= 4 is 23.6 Å². The van der Waals surface area contributed by atoms with E-state index in [0.717, 1.165) is 36.1 Å². The molecule has 5 heteroatoms. The molecular weight excluding hydrogens is 322 g/mol. The highest BCUT2D eigenvalue weighted by Crippen LogP contribution is 2.23. The van der Waals surface area contributed by atoms with Crippen molar-refractivity contribution in [2.75, 3.05) is 12.4 Å². The minimum absolute atomic E-state index is 0.178. The van der Waals surface area contributed by atoms with E-state index >= 15 is 0 Å². The first-order valence-corrected chi connectivity index (χ1v) is 9.68. The molecule has 0 heterocycles. The van der Waals surface area contributed by atoms with Crippen LogP contribution in [0.5, 0.6) is 0 Å². The molecule has 24 heavy (non-hydrogen) atoms. The zero-order chi connectivity index (χ0) is 17.4. The maximum absolute atomic E-state index is 11.9. The molecule has 1 aromatic carbocycles. The number of carbonyl (C=O) groups excluding carboxylic acids is 2. The summed E-state index contributed by atoms with van der Waals surface area (Å²) in [6, 6.07) is 6.37. The molecule has 1 aliphatic rings. The summed E-state index contributed by atoms with van der Waals surface area (Å²) in [6.45, 7) is 3.90. The number of nitrogens with one attached hydrogen (secondary N) is 1. The summed E-state index contributed by atoms with van der Waals surface area (Å²) in [4.78, 5) is 24.8. The van der Waals surface area contributed by atoms with Crippen LogP contribution in [0.1, 0.15) is 49.7 Å². The molecule has 0 aromatic heterocycles. The van der Waals surface area contributed by atoms with Gasteiger partial charge in [-0.1, -0.05) is 43.4 Å². The number of hydrogen-bond donors (Lipinski definition) is 1. The zero-order valence-electron chi connectivity index (χ0n) is 14.6. The van der Waals surface area contributed by atoms with Crippen LogP contribution in [0.3, 0.4) is 0 Å². The van der Waals surface area contributed by atoms with Crippen molar-refractivity contribution in [2.45, 2.75) is 63.3 Å². The summed E-state index contributed by atoms with van der Waals surface area (Å²) < 4.78 is 5.09. The average molecular weight is 349 g/mol. The SMILES string of the molecule is Cc1ccc(SCC(=O)OCC(=O)NC2CCCCCC2)c(C)c1. The third-order valence-electron chi connectivity index (χ3n) is 4.26. The van der Waals surface area contributed by atoms with Crippen LogP contribution in [0.15, 0.2) is 23.1 Å². The summed E-state index contributed by atoms with van der Waals surface area (Å²) in [5, 5.41) is 2.98. The first kappa shape index (κ1) is 18.8. The van der Waals surface area contributed by atoms with Crippen molar-refractivity contribution in [1.29, 1.82) is 0 Å². The second-order valence-electron chi connectivity index (χ2n) is 6.47. The number of benzene rings is 1. The van der Waals surface area contributed by atoms with Crippen LogP contribution in [0.25, 0.3) is 0 Å². The van der Waals surface area contributed by atoms with Crippen molar-refractivity contribution in [3.63, 3.8) is 0 Å². The van der Waals surface area contributed by atoms with Crippen LogP contribution in [-0.4, -0.2) is 30.3 Å². The zero-order valence-corrected chi connectivity index (χ0v) is 15.4. The Morgan fingerprint density at radius 3 is 2.54 bits per heavy atom. The third-order valence-corrected chi connectivity index (χ3v) is 5.41. The molecule has 1 saturated carbocycles. The van der Waals surface area contributed by atoms with Crippen molar-refractivity contribution in [1.82, 2.24) is 5.32 Å². The number of carbonyl (C=O) groups is 2. The summed E-state index contributed by atoms with van der Waals surface area (Å²) in [5.74, 6) is -0.316. The molecule has 0 aliphatic heterocycles. The minimum Gasteiger partial charge on any atom is -0.455 e. The number of amides is 1. The lowest BCUT2D eigenvalue weighted by Crippen LogP contribution is -2.37. The molecule has 4 nitrogen and oxygen atoms in total. The average Bonchev–Trinajstić information content (AvgIpc) is 2.81. The van der Waals surface area contributed by atoms with E-state index in [1.807, 2.05) is 26.0 Å². The maximum Gasteiger partial charge on any atom is 0.316 e. The van der Waals surface area contributed by atoms with Crippen LogP contribution < -0.4 is 5.32 Å². The van der Waals surface area contributed by atoms with E-state index in [1.165, 1.54) is 30.2 Å². The van der Waals surface area contributed by atoms with Gasteiger partial charge in [-0.25, -0.2) is 0 Å². The minimum atomic E-state index is -0.351. The van der Waals surface area contributed by atoms with Gasteiger partial charge < -0.3 is 10.1 Å². The number of thioether (sulfide) groups is 1. The highest BCUT2D eigenvalue weighted by atomic mass is 32.2. The van der Waals surface area contributed by atoms with Gasteiger partial charge in [-0.15, -0.1) is 11.8 Å². The van der Waals surface area contributed by atoms with Gasteiger partial charge in [-0.2, -0.15) is 0 Å². The van der Waals surface area contributed by atoms with Gasteiger partial charge in [-0.05, 0) is 38.3 Å². The summed E-state index contributed by atoms with van der Waals surface area (Å²) >= 11 is 1.45. The highest BCUT2D eigenvalue weighted by Gasteiger charge is 2.16. The molecule has 0 unspecified atom stereocenters. The normalized spacial score (nSPS) is 15.6. The van der Waals surface area contributed by atoms with E-state index in [2.05, 4.69) is 11.4 Å². The van der Waals surface area contributed by atoms with Crippen molar-refractivity contribution in [3.05, 3.63) is 29.3 Å². The standard InChI is InChI=1S/C19H27NO3S/c1-14-9-10-17(15(2)11-14)24-13-19(22)23-12-18(21)20-16-7-5-3-4-6-8-16/h9-11,16H,3-8,12-13H2,1-2H3,(H,20,21). The molecule has 132 valence electrons. The Morgan fingerprint density at radius 1 is 1.17 bits per heavy atom. The van der Waals surface area contributed by atoms with Gasteiger partial charge in [0.25, 0.3) is 5.91 Å². The maximum atomic E-state index is 11.9. The predicted octanol–water partition coefficient (Wildman–Crippen LogP) is 3.78. The van der Waals surface area contributed by atoms with E-state index < -0.39 is 0 Å². The lowest BCUT2D eigenvalue weighted by molar-refractivity contribution is -0.146. The number of aryl methyl sites for hydroxylation is 2. The van der Waals surface area contributed by atoms with Gasteiger partial charge in [0.05, 0.1) is 5.75 Å². The van der Waals surface area contributed by atoms with Crippen LogP contribution in [0.4, 0.5) is 0 Å². The lowest BCUT2D eigenvalue weighted by Gasteiger charge is -2.16. The van der Waals surface area contributed by atoms with Gasteiger partial charge in [0.1, 0.15) is 0 Å². The first-order valence-electron chi connectivity index (χ1n) is 8.69. The van der Waals surface area contributed by atoms with Gasteiger partial charge >= 0.3 is 5.97 Å². The smallest absolute Gasteiger partial charge is 0.316 e. The van der Waals surface area contributed by atoms with Gasteiger partial charge in [0.2, 0.25) is 0 Å². The third kappa shape index (κ3) is 6.56. The Kier molecular flexibility index (Phi) is 7.63. The Morgan fingerprint density at radius 2 is 1.88 bits per heavy atom. The Labute approximate surface area is 148 Å². The molecule has 1 aromatic rings. The van der Waals surface area contributed by atoms with E-state index in [0.29, 0.717) is 0 Å². The Hall–Kier alpha value is -1.49. The monoisotopic (exact) mass is 349 g/mol. The topological polar surface area (TPSA) is 55.4 Å². The summed E-state index contributed by atoms with van der Waals surface area (Å²) in [6.07, 6.45) is 6.88.